The quantitative estimate of drug-likeness (QED) is 0.553. The molecule has 2 atom stereocenters. The van der Waals surface area contributed by atoms with Gasteiger partial charge in [-0.1, -0.05) is 66.7 Å². The van der Waals surface area contributed by atoms with Crippen LogP contribution >= 0.6 is 0 Å². The zero-order valence-corrected chi connectivity index (χ0v) is 18.0. The molecular formula is C24H26N2O4S. The van der Waals surface area contributed by atoms with E-state index in [0.29, 0.717) is 13.1 Å². The monoisotopic (exact) mass is 438 g/mol. The molecule has 2 unspecified atom stereocenters. The summed E-state index contributed by atoms with van der Waals surface area (Å²) in [5, 5.41) is 0.754. The standard InChI is InChI=1S/C24H26N2O4S/c25-24(27)15-22(26-13-12-17-6-1-2-8-20(17)16-26)23(31(28,29)30)14-19-10-5-9-18-7-3-4-11-21(18)19/h1-11,22-23H,12-16H2,(H2,25,27)(H,28,29,30). The SMILES string of the molecule is NC(=O)CC(C(Cc1cccc2ccccc12)S(=O)(=O)O)N1CCc2ccccc2C1. The Bertz CT molecular complexity index is 1200. The number of carbonyl (C=O) groups excluding carboxylic acids is 1. The third-order valence-corrected chi connectivity index (χ3v) is 7.40. The van der Waals surface area contributed by atoms with Crippen molar-refractivity contribution in [2.45, 2.75) is 37.1 Å². The summed E-state index contributed by atoms with van der Waals surface area (Å²) in [6, 6.07) is 20.7. The summed E-state index contributed by atoms with van der Waals surface area (Å²) in [5.74, 6) is -0.588. The largest absolute Gasteiger partial charge is 0.370 e. The van der Waals surface area contributed by atoms with Crippen LogP contribution in [-0.2, 0) is 34.3 Å². The van der Waals surface area contributed by atoms with Crippen LogP contribution in [0.5, 0.6) is 0 Å². The number of hydrogen-bond donors (Lipinski definition) is 2. The average molecular weight is 439 g/mol. The fourth-order valence-corrected chi connectivity index (χ4v) is 5.69. The molecule has 3 N–H and O–H groups in total. The van der Waals surface area contributed by atoms with Crippen LogP contribution in [0.3, 0.4) is 0 Å². The van der Waals surface area contributed by atoms with E-state index in [4.69, 9.17) is 5.73 Å². The molecule has 0 aromatic heterocycles. The Morgan fingerprint density at radius 1 is 1.00 bits per heavy atom. The van der Waals surface area contributed by atoms with Crippen molar-refractivity contribution in [2.24, 2.45) is 5.73 Å². The van der Waals surface area contributed by atoms with Crippen LogP contribution in [0.15, 0.2) is 66.7 Å². The molecule has 0 bridgehead atoms. The van der Waals surface area contributed by atoms with Crippen molar-refractivity contribution in [3.8, 4) is 0 Å². The number of nitrogens with two attached hydrogens (primary N) is 1. The van der Waals surface area contributed by atoms with Crippen LogP contribution in [0.2, 0.25) is 0 Å². The van der Waals surface area contributed by atoms with Gasteiger partial charge in [-0.3, -0.25) is 14.2 Å². The highest BCUT2D eigenvalue weighted by Crippen LogP contribution is 2.28. The third-order valence-electron chi connectivity index (χ3n) is 6.15. The van der Waals surface area contributed by atoms with Gasteiger partial charge < -0.3 is 5.73 Å². The van der Waals surface area contributed by atoms with E-state index in [0.717, 1.165) is 28.3 Å². The molecule has 31 heavy (non-hydrogen) atoms. The van der Waals surface area contributed by atoms with E-state index in [9.17, 15) is 17.8 Å². The molecule has 7 heteroatoms. The van der Waals surface area contributed by atoms with Crippen molar-refractivity contribution in [3.63, 3.8) is 0 Å². The maximum absolute atomic E-state index is 12.6. The summed E-state index contributed by atoms with van der Waals surface area (Å²) in [7, 11) is -4.45. The van der Waals surface area contributed by atoms with Gasteiger partial charge >= 0.3 is 0 Å². The van der Waals surface area contributed by atoms with Crippen molar-refractivity contribution in [3.05, 3.63) is 83.4 Å². The second kappa shape index (κ2) is 8.78. The van der Waals surface area contributed by atoms with Crippen molar-refractivity contribution in [2.75, 3.05) is 6.54 Å². The number of amides is 1. The molecule has 4 rings (SSSR count). The number of nitrogens with zero attached hydrogens (tertiary/aromatic N) is 1. The Morgan fingerprint density at radius 2 is 1.68 bits per heavy atom. The van der Waals surface area contributed by atoms with Crippen molar-refractivity contribution < 1.29 is 17.8 Å². The van der Waals surface area contributed by atoms with E-state index >= 15 is 0 Å². The van der Waals surface area contributed by atoms with Gasteiger partial charge in [0.2, 0.25) is 5.91 Å². The predicted octanol–water partition coefficient (Wildman–Crippen LogP) is 2.94. The highest BCUT2D eigenvalue weighted by atomic mass is 32.2. The molecule has 1 aliphatic rings. The molecule has 0 radical (unpaired) electrons. The topological polar surface area (TPSA) is 101 Å². The first-order valence-corrected chi connectivity index (χ1v) is 11.9. The zero-order valence-electron chi connectivity index (χ0n) is 17.1. The van der Waals surface area contributed by atoms with Gasteiger partial charge in [-0.15, -0.1) is 0 Å². The minimum Gasteiger partial charge on any atom is -0.370 e. The molecule has 0 fully saturated rings. The fraction of sp³-hybridized carbons (Fsp3) is 0.292. The van der Waals surface area contributed by atoms with Gasteiger partial charge in [0.25, 0.3) is 10.1 Å². The first kappa shape index (κ1) is 21.5. The van der Waals surface area contributed by atoms with Crippen LogP contribution < -0.4 is 5.73 Å². The van der Waals surface area contributed by atoms with E-state index in [1.807, 2.05) is 65.6 Å². The summed E-state index contributed by atoms with van der Waals surface area (Å²) in [4.78, 5) is 13.9. The molecule has 0 saturated carbocycles. The van der Waals surface area contributed by atoms with Crippen LogP contribution in [0.25, 0.3) is 10.8 Å². The van der Waals surface area contributed by atoms with Gasteiger partial charge in [-0.2, -0.15) is 8.42 Å². The normalized spacial score (nSPS) is 16.5. The second-order valence-corrected chi connectivity index (χ2v) is 9.76. The fourth-order valence-electron chi connectivity index (χ4n) is 4.63. The predicted molar refractivity (Wildman–Crippen MR) is 121 cm³/mol. The number of benzene rings is 3. The lowest BCUT2D eigenvalue weighted by Crippen LogP contribution is -2.51. The molecule has 0 saturated heterocycles. The first-order chi connectivity index (χ1) is 14.8. The lowest BCUT2D eigenvalue weighted by atomic mass is 9.93. The van der Waals surface area contributed by atoms with E-state index in [1.54, 1.807) is 0 Å². The molecule has 0 spiro atoms. The number of rotatable bonds is 7. The van der Waals surface area contributed by atoms with Crippen LogP contribution in [-0.4, -0.2) is 41.6 Å². The number of hydrogen-bond acceptors (Lipinski definition) is 4. The summed E-state index contributed by atoms with van der Waals surface area (Å²) < 4.78 is 35.3. The van der Waals surface area contributed by atoms with E-state index in [1.165, 1.54) is 5.56 Å². The first-order valence-electron chi connectivity index (χ1n) is 10.3. The van der Waals surface area contributed by atoms with Crippen LogP contribution in [0.4, 0.5) is 0 Å². The average Bonchev–Trinajstić information content (AvgIpc) is 2.75. The summed E-state index contributed by atoms with van der Waals surface area (Å²) >= 11 is 0. The third kappa shape index (κ3) is 4.79. The Balaban J connectivity index is 1.72. The second-order valence-electron chi connectivity index (χ2n) is 8.12. The summed E-state index contributed by atoms with van der Waals surface area (Å²) in [5.41, 5.74) is 8.65. The highest BCUT2D eigenvalue weighted by Gasteiger charge is 2.38. The van der Waals surface area contributed by atoms with E-state index in [2.05, 4.69) is 6.07 Å². The number of fused-ring (bicyclic) bond motifs is 2. The van der Waals surface area contributed by atoms with Gasteiger partial charge in [-0.05, 0) is 40.3 Å². The number of primary amides is 1. The lowest BCUT2D eigenvalue weighted by molar-refractivity contribution is -0.119. The van der Waals surface area contributed by atoms with E-state index in [-0.39, 0.29) is 12.8 Å². The maximum Gasteiger partial charge on any atom is 0.269 e. The molecule has 1 heterocycles. The molecule has 3 aromatic carbocycles. The smallest absolute Gasteiger partial charge is 0.269 e. The molecule has 6 nitrogen and oxygen atoms in total. The van der Waals surface area contributed by atoms with E-state index < -0.39 is 27.3 Å². The van der Waals surface area contributed by atoms with Crippen LogP contribution in [0, 0.1) is 0 Å². The Hall–Kier alpha value is -2.74. The van der Waals surface area contributed by atoms with Gasteiger partial charge in [0.1, 0.15) is 5.25 Å². The zero-order chi connectivity index (χ0) is 22.0. The Labute approximate surface area is 182 Å². The van der Waals surface area contributed by atoms with Gasteiger partial charge in [0.15, 0.2) is 0 Å². The minimum absolute atomic E-state index is 0.0935. The lowest BCUT2D eigenvalue weighted by Gasteiger charge is -2.38. The van der Waals surface area contributed by atoms with Gasteiger partial charge in [-0.25, -0.2) is 0 Å². The van der Waals surface area contributed by atoms with Crippen LogP contribution in [0.1, 0.15) is 23.1 Å². The van der Waals surface area contributed by atoms with Crippen molar-refractivity contribution >= 4 is 26.8 Å². The molecule has 0 aliphatic carbocycles. The van der Waals surface area contributed by atoms with Crippen molar-refractivity contribution in [1.29, 1.82) is 0 Å². The summed E-state index contributed by atoms with van der Waals surface area (Å²) in [6.07, 6.45) is 0.700. The molecule has 1 amide bonds. The molecule has 1 aliphatic heterocycles. The maximum atomic E-state index is 12.6. The number of carbonyl (C=O) groups is 1. The molecular weight excluding hydrogens is 412 g/mol. The Morgan fingerprint density at radius 3 is 2.42 bits per heavy atom. The molecule has 3 aromatic rings. The van der Waals surface area contributed by atoms with Crippen molar-refractivity contribution in [1.82, 2.24) is 4.90 Å². The summed E-state index contributed by atoms with van der Waals surface area (Å²) in [6.45, 7) is 1.10. The van der Waals surface area contributed by atoms with Gasteiger partial charge in [0, 0.05) is 25.6 Å². The van der Waals surface area contributed by atoms with Gasteiger partial charge in [0.05, 0.1) is 0 Å². The highest BCUT2D eigenvalue weighted by molar-refractivity contribution is 7.86. The minimum atomic E-state index is -4.45. The Kier molecular flexibility index (Phi) is 6.09. The molecule has 162 valence electrons.